The van der Waals surface area contributed by atoms with E-state index in [1.807, 2.05) is 0 Å². The summed E-state index contributed by atoms with van der Waals surface area (Å²) in [6, 6.07) is 0. The molecule has 1 nitrogen and oxygen atoms in total. The van der Waals surface area contributed by atoms with Gasteiger partial charge in [0.05, 0.1) is 0 Å². The van der Waals surface area contributed by atoms with Gasteiger partial charge in [-0.05, 0) is 50.1 Å². The topological polar surface area (TPSA) is 3.24 Å². The lowest BCUT2D eigenvalue weighted by Crippen LogP contribution is -2.32. The number of nitrogens with zero attached hydrogens (tertiary/aromatic N) is 1. The van der Waals surface area contributed by atoms with Gasteiger partial charge < -0.3 is 4.81 Å². The van der Waals surface area contributed by atoms with Crippen LogP contribution in [0.15, 0.2) is 0 Å². The lowest BCUT2D eigenvalue weighted by Gasteiger charge is -2.29. The van der Waals surface area contributed by atoms with E-state index in [1.54, 1.807) is 6.42 Å². The molecule has 74 valence electrons. The maximum atomic E-state index is 2.48. The Bertz CT molecular complexity index is 163. The monoisotopic (exact) mass is 179 g/mol. The minimum Gasteiger partial charge on any atom is -0.349 e. The summed E-state index contributed by atoms with van der Waals surface area (Å²) in [4.78, 5) is 2.48. The molecule has 1 heterocycles. The molecule has 13 heavy (non-hydrogen) atoms. The molecule has 1 saturated carbocycles. The van der Waals surface area contributed by atoms with Crippen LogP contribution in [-0.4, -0.2) is 25.9 Å². The molecule has 2 atom stereocenters. The Morgan fingerprint density at radius 3 is 2.62 bits per heavy atom. The van der Waals surface area contributed by atoms with E-state index in [9.17, 15) is 0 Å². The molecule has 0 unspecified atom stereocenters. The molecule has 2 fully saturated rings. The summed E-state index contributed by atoms with van der Waals surface area (Å²) in [5.74, 6) is 3.35. The molecule has 2 heteroatoms. The first-order valence-electron chi connectivity index (χ1n) is 5.99. The van der Waals surface area contributed by atoms with Crippen molar-refractivity contribution in [2.45, 2.75) is 39.0 Å². The van der Waals surface area contributed by atoms with Crippen molar-refractivity contribution in [3.05, 3.63) is 0 Å². The molecular formula is C11H22BN. The SMILES string of the molecule is BN1CCC([C@H]2C[C@H]2CCC)CC1. The average Bonchev–Trinajstić information content (AvgIpc) is 2.86. The highest BCUT2D eigenvalue weighted by atomic mass is 15.0. The van der Waals surface area contributed by atoms with Crippen molar-refractivity contribution in [2.24, 2.45) is 17.8 Å². The van der Waals surface area contributed by atoms with Gasteiger partial charge in [-0.3, -0.25) is 0 Å². The van der Waals surface area contributed by atoms with Crippen molar-refractivity contribution in [3.63, 3.8) is 0 Å². The van der Waals surface area contributed by atoms with Crippen LogP contribution in [0.4, 0.5) is 0 Å². The van der Waals surface area contributed by atoms with Gasteiger partial charge in [-0.15, -0.1) is 0 Å². The Labute approximate surface area is 83.3 Å². The van der Waals surface area contributed by atoms with Crippen LogP contribution < -0.4 is 0 Å². The average molecular weight is 179 g/mol. The van der Waals surface area contributed by atoms with Gasteiger partial charge in [0, 0.05) is 0 Å². The number of piperidine rings is 1. The van der Waals surface area contributed by atoms with Gasteiger partial charge in [0.25, 0.3) is 0 Å². The second kappa shape index (κ2) is 4.04. The highest BCUT2D eigenvalue weighted by Gasteiger charge is 2.42. The Morgan fingerprint density at radius 1 is 1.31 bits per heavy atom. The van der Waals surface area contributed by atoms with E-state index >= 15 is 0 Å². The molecule has 0 aromatic rings. The van der Waals surface area contributed by atoms with E-state index in [4.69, 9.17) is 0 Å². The zero-order valence-corrected chi connectivity index (χ0v) is 9.13. The molecule has 0 radical (unpaired) electrons. The predicted molar refractivity (Wildman–Crippen MR) is 59.3 cm³/mol. The van der Waals surface area contributed by atoms with Gasteiger partial charge in [0.1, 0.15) is 0 Å². The third-order valence-electron chi connectivity index (χ3n) is 4.01. The first-order valence-corrected chi connectivity index (χ1v) is 5.99. The quantitative estimate of drug-likeness (QED) is 0.596. The number of hydrogen-bond acceptors (Lipinski definition) is 1. The molecule has 0 N–H and O–H groups in total. The van der Waals surface area contributed by atoms with Crippen molar-refractivity contribution >= 4 is 7.98 Å². The van der Waals surface area contributed by atoms with E-state index in [-0.39, 0.29) is 0 Å². The minimum atomic E-state index is 1.09. The predicted octanol–water partition coefficient (Wildman–Crippen LogP) is 1.68. The third-order valence-corrected chi connectivity index (χ3v) is 4.01. The molecule has 1 aliphatic carbocycles. The highest BCUT2D eigenvalue weighted by Crippen LogP contribution is 2.50. The molecule has 2 rings (SSSR count). The van der Waals surface area contributed by atoms with E-state index in [0.717, 1.165) is 17.8 Å². The summed E-state index contributed by atoms with van der Waals surface area (Å²) in [5.41, 5.74) is 0. The van der Waals surface area contributed by atoms with Crippen LogP contribution in [0.25, 0.3) is 0 Å². The van der Waals surface area contributed by atoms with E-state index in [0.29, 0.717) is 0 Å². The molecule has 0 bridgehead atoms. The maximum absolute atomic E-state index is 2.48. The molecule has 0 aromatic heterocycles. The second-order valence-corrected chi connectivity index (χ2v) is 5.09. The van der Waals surface area contributed by atoms with Crippen LogP contribution in [-0.2, 0) is 0 Å². The van der Waals surface area contributed by atoms with Crippen LogP contribution in [0, 0.1) is 17.8 Å². The lowest BCUT2D eigenvalue weighted by molar-refractivity contribution is 0.251. The Hall–Kier alpha value is 0.0249. The van der Waals surface area contributed by atoms with Gasteiger partial charge in [-0.2, -0.15) is 0 Å². The van der Waals surface area contributed by atoms with Crippen molar-refractivity contribution < 1.29 is 0 Å². The van der Waals surface area contributed by atoms with E-state index in [1.165, 1.54) is 38.8 Å². The van der Waals surface area contributed by atoms with Gasteiger partial charge in [0.2, 0.25) is 0 Å². The molecule has 0 amide bonds. The lowest BCUT2D eigenvalue weighted by atomic mass is 9.89. The van der Waals surface area contributed by atoms with Crippen molar-refractivity contribution in [1.82, 2.24) is 4.81 Å². The van der Waals surface area contributed by atoms with Gasteiger partial charge in [-0.25, -0.2) is 0 Å². The Balaban J connectivity index is 1.71. The molecular weight excluding hydrogens is 157 g/mol. The first kappa shape index (κ1) is 9.58. The zero-order chi connectivity index (χ0) is 9.26. The summed E-state index contributed by atoms with van der Waals surface area (Å²) in [7, 11) is 2.26. The summed E-state index contributed by atoms with van der Waals surface area (Å²) >= 11 is 0. The molecule has 1 saturated heterocycles. The molecule has 2 aliphatic rings. The summed E-state index contributed by atoms with van der Waals surface area (Å²) in [6.45, 7) is 5.02. The Morgan fingerprint density at radius 2 is 2.00 bits per heavy atom. The van der Waals surface area contributed by atoms with Gasteiger partial charge in [-0.1, -0.05) is 19.8 Å². The Kier molecular flexibility index (Phi) is 2.97. The van der Waals surface area contributed by atoms with Crippen molar-refractivity contribution in [3.8, 4) is 0 Å². The van der Waals surface area contributed by atoms with Crippen molar-refractivity contribution in [2.75, 3.05) is 13.1 Å². The van der Waals surface area contributed by atoms with Crippen LogP contribution in [0.2, 0.25) is 0 Å². The summed E-state index contributed by atoms with van der Waals surface area (Å²) < 4.78 is 0. The fraction of sp³-hybridized carbons (Fsp3) is 1.00. The summed E-state index contributed by atoms with van der Waals surface area (Å²) in [5, 5.41) is 0. The van der Waals surface area contributed by atoms with Crippen LogP contribution >= 0.6 is 0 Å². The zero-order valence-electron chi connectivity index (χ0n) is 9.13. The smallest absolute Gasteiger partial charge is 0.185 e. The maximum Gasteiger partial charge on any atom is 0.185 e. The minimum absolute atomic E-state index is 1.09. The van der Waals surface area contributed by atoms with Gasteiger partial charge >= 0.3 is 0 Å². The molecule has 1 aliphatic heterocycles. The molecule has 0 aromatic carbocycles. The summed E-state index contributed by atoms with van der Waals surface area (Å²) in [6.07, 6.45) is 7.40. The third kappa shape index (κ3) is 2.28. The van der Waals surface area contributed by atoms with Crippen LogP contribution in [0.3, 0.4) is 0 Å². The fourth-order valence-corrected chi connectivity index (χ4v) is 3.01. The second-order valence-electron chi connectivity index (χ2n) is 5.09. The van der Waals surface area contributed by atoms with Crippen LogP contribution in [0.5, 0.6) is 0 Å². The van der Waals surface area contributed by atoms with Crippen LogP contribution in [0.1, 0.15) is 39.0 Å². The number of hydrogen-bond donors (Lipinski definition) is 0. The number of rotatable bonds is 3. The van der Waals surface area contributed by atoms with Gasteiger partial charge in [0.15, 0.2) is 7.98 Å². The standard InChI is InChI=1S/C11H22BN/c1-2-3-10-8-11(10)9-4-6-13(12)7-5-9/h9-11H,2-8,12H2,1H3/t10-,11-/m1/s1. The van der Waals surface area contributed by atoms with E-state index < -0.39 is 0 Å². The normalized spacial score (nSPS) is 36.4. The highest BCUT2D eigenvalue weighted by molar-refractivity contribution is 6.04. The first-order chi connectivity index (χ1) is 6.31. The largest absolute Gasteiger partial charge is 0.349 e. The molecule has 0 spiro atoms. The van der Waals surface area contributed by atoms with Crippen molar-refractivity contribution in [1.29, 1.82) is 0 Å². The van der Waals surface area contributed by atoms with E-state index in [2.05, 4.69) is 19.7 Å². The fourth-order valence-electron chi connectivity index (χ4n) is 3.01.